The van der Waals surface area contributed by atoms with Crippen molar-refractivity contribution in [3.63, 3.8) is 0 Å². The molecule has 2 heterocycles. The number of hydrogen-bond donors (Lipinski definition) is 0. The first kappa shape index (κ1) is 25.1. The third-order valence-corrected chi connectivity index (χ3v) is 8.76. The second-order valence-electron chi connectivity index (χ2n) is 11.6. The maximum absolute atomic E-state index is 9.67. The summed E-state index contributed by atoms with van der Waals surface area (Å²) in [5.41, 5.74) is 13.4. The van der Waals surface area contributed by atoms with E-state index in [-0.39, 0.29) is 0 Å². The van der Waals surface area contributed by atoms with E-state index in [0.29, 0.717) is 5.56 Å². The van der Waals surface area contributed by atoms with E-state index < -0.39 is 0 Å². The molecule has 0 aliphatic heterocycles. The van der Waals surface area contributed by atoms with Gasteiger partial charge in [-0.2, -0.15) is 5.26 Å². The van der Waals surface area contributed by atoms with Crippen molar-refractivity contribution in [1.82, 2.24) is 9.13 Å². The Balaban J connectivity index is 1.56. The summed E-state index contributed by atoms with van der Waals surface area (Å²) in [6.45, 7) is 6.49. The summed E-state index contributed by atoms with van der Waals surface area (Å²) in [5, 5.41) is 14.6. The van der Waals surface area contributed by atoms with Gasteiger partial charge >= 0.3 is 0 Å². The van der Waals surface area contributed by atoms with Gasteiger partial charge in [0, 0.05) is 21.5 Å². The van der Waals surface area contributed by atoms with Crippen molar-refractivity contribution in [2.75, 3.05) is 0 Å². The Morgan fingerprint density at radius 2 is 1.02 bits per heavy atom. The van der Waals surface area contributed by atoms with Crippen LogP contribution in [0.3, 0.4) is 0 Å². The summed E-state index contributed by atoms with van der Waals surface area (Å²) in [4.78, 5) is 0. The third-order valence-electron chi connectivity index (χ3n) is 8.76. The second-order valence-corrected chi connectivity index (χ2v) is 11.6. The van der Waals surface area contributed by atoms with E-state index in [1.807, 2.05) is 18.2 Å². The van der Waals surface area contributed by atoms with Gasteiger partial charge < -0.3 is 9.13 Å². The molecule has 0 N–H and O–H groups in total. The maximum atomic E-state index is 9.67. The lowest BCUT2D eigenvalue weighted by molar-refractivity contribution is 1.09. The molecule has 8 aromatic rings. The zero-order valence-corrected chi connectivity index (χ0v) is 24.4. The fourth-order valence-corrected chi connectivity index (χ4v) is 6.80. The molecular formula is C40H29N3. The molecule has 0 saturated heterocycles. The second kappa shape index (κ2) is 9.48. The van der Waals surface area contributed by atoms with Gasteiger partial charge in [0.2, 0.25) is 0 Å². The first-order valence-corrected chi connectivity index (χ1v) is 14.7. The van der Waals surface area contributed by atoms with Crippen LogP contribution in [0.2, 0.25) is 0 Å². The van der Waals surface area contributed by atoms with Crippen LogP contribution in [0, 0.1) is 32.1 Å². The highest BCUT2D eigenvalue weighted by Gasteiger charge is 2.21. The molecule has 0 atom stereocenters. The molecule has 8 rings (SSSR count). The largest absolute Gasteiger partial charge is 0.307 e. The number of aromatic nitrogens is 2. The lowest BCUT2D eigenvalue weighted by Gasteiger charge is -2.20. The van der Waals surface area contributed by atoms with Gasteiger partial charge in [0.25, 0.3) is 0 Å². The van der Waals surface area contributed by atoms with Crippen LogP contribution >= 0.6 is 0 Å². The van der Waals surface area contributed by atoms with Crippen molar-refractivity contribution in [3.8, 4) is 28.6 Å². The van der Waals surface area contributed by atoms with Gasteiger partial charge in [0.15, 0.2) is 0 Å². The Hall–Kier alpha value is -5.59. The molecule has 0 aliphatic rings. The summed E-state index contributed by atoms with van der Waals surface area (Å²) in [6, 6.07) is 45.8. The standard InChI is InChI=1S/C40H29N3/c1-25-15-17-37-33(19-25)30-11-4-6-13-35(30)42(37)39-21-27(3)32(29-10-8-9-28(22-29)24-41)23-40(39)43-36-14-7-5-12-31(36)34-20-26(2)16-18-38(34)43/h4-23H,1-3H3. The molecule has 0 unspecified atom stereocenters. The van der Waals surface area contributed by atoms with Gasteiger partial charge in [-0.25, -0.2) is 0 Å². The van der Waals surface area contributed by atoms with Crippen LogP contribution in [0.1, 0.15) is 22.3 Å². The minimum Gasteiger partial charge on any atom is -0.307 e. The van der Waals surface area contributed by atoms with E-state index in [0.717, 1.165) is 28.1 Å². The number of hydrogen-bond acceptors (Lipinski definition) is 1. The Bertz CT molecular complexity index is 2450. The number of nitrogens with zero attached hydrogens (tertiary/aromatic N) is 3. The molecule has 0 fully saturated rings. The van der Waals surface area contributed by atoms with Crippen molar-refractivity contribution < 1.29 is 0 Å². The Morgan fingerprint density at radius 3 is 1.60 bits per heavy atom. The van der Waals surface area contributed by atoms with Crippen molar-refractivity contribution >= 4 is 43.6 Å². The van der Waals surface area contributed by atoms with E-state index in [1.54, 1.807) is 0 Å². The molecule has 204 valence electrons. The smallest absolute Gasteiger partial charge is 0.0991 e. The molecule has 2 aromatic heterocycles. The maximum Gasteiger partial charge on any atom is 0.0991 e. The molecule has 0 amide bonds. The summed E-state index contributed by atoms with van der Waals surface area (Å²) in [6.07, 6.45) is 0. The van der Waals surface area contributed by atoms with Crippen molar-refractivity contribution in [3.05, 3.63) is 144 Å². The van der Waals surface area contributed by atoms with Crippen molar-refractivity contribution in [2.45, 2.75) is 20.8 Å². The number of para-hydroxylation sites is 2. The van der Waals surface area contributed by atoms with Crippen molar-refractivity contribution in [2.24, 2.45) is 0 Å². The fourth-order valence-electron chi connectivity index (χ4n) is 6.80. The number of nitriles is 1. The SMILES string of the molecule is Cc1ccc2c(c1)c1ccccc1n2-c1cc(C)c(-c2cccc(C#N)c2)cc1-n1c2ccccc2c2cc(C)ccc21. The molecule has 0 aliphatic carbocycles. The molecule has 0 saturated carbocycles. The van der Waals surface area contributed by atoms with Gasteiger partial charge in [0.05, 0.1) is 45.1 Å². The number of benzene rings is 6. The van der Waals surface area contributed by atoms with Gasteiger partial charge in [-0.05, 0) is 98.1 Å². The quantitative estimate of drug-likeness (QED) is 0.215. The van der Waals surface area contributed by atoms with E-state index in [1.165, 1.54) is 54.7 Å². The monoisotopic (exact) mass is 551 g/mol. The van der Waals surface area contributed by atoms with Crippen LogP contribution in [0.5, 0.6) is 0 Å². The van der Waals surface area contributed by atoms with Gasteiger partial charge in [-0.3, -0.25) is 0 Å². The normalized spacial score (nSPS) is 11.6. The highest BCUT2D eigenvalue weighted by atomic mass is 15.1. The molecule has 3 nitrogen and oxygen atoms in total. The lowest BCUT2D eigenvalue weighted by atomic mass is 9.97. The van der Waals surface area contributed by atoms with E-state index >= 15 is 0 Å². The molecule has 3 heteroatoms. The van der Waals surface area contributed by atoms with Crippen LogP contribution in [0.15, 0.2) is 121 Å². The summed E-state index contributed by atoms with van der Waals surface area (Å²) >= 11 is 0. The van der Waals surface area contributed by atoms with Crippen LogP contribution in [-0.4, -0.2) is 9.13 Å². The zero-order chi connectivity index (χ0) is 29.2. The Kier molecular flexibility index (Phi) is 5.54. The highest BCUT2D eigenvalue weighted by molar-refractivity contribution is 6.12. The van der Waals surface area contributed by atoms with Gasteiger partial charge in [-0.15, -0.1) is 0 Å². The zero-order valence-electron chi connectivity index (χ0n) is 24.4. The van der Waals surface area contributed by atoms with Gasteiger partial charge in [0.1, 0.15) is 0 Å². The molecule has 0 bridgehead atoms. The molecule has 43 heavy (non-hydrogen) atoms. The predicted octanol–water partition coefficient (Wildman–Crippen LogP) is 10.3. The van der Waals surface area contributed by atoms with Crippen LogP contribution in [0.4, 0.5) is 0 Å². The van der Waals surface area contributed by atoms with E-state index in [2.05, 4.69) is 139 Å². The van der Waals surface area contributed by atoms with Crippen LogP contribution < -0.4 is 0 Å². The average molecular weight is 552 g/mol. The minimum absolute atomic E-state index is 0.660. The summed E-state index contributed by atoms with van der Waals surface area (Å²) in [7, 11) is 0. The Labute approximate surface area is 250 Å². The van der Waals surface area contributed by atoms with E-state index in [9.17, 15) is 5.26 Å². The molecular weight excluding hydrogens is 522 g/mol. The fraction of sp³-hybridized carbons (Fsp3) is 0.0750. The first-order valence-electron chi connectivity index (χ1n) is 14.7. The van der Waals surface area contributed by atoms with Crippen LogP contribution in [-0.2, 0) is 0 Å². The third kappa shape index (κ3) is 3.81. The molecule has 6 aromatic carbocycles. The molecule has 0 spiro atoms. The molecule has 0 radical (unpaired) electrons. The summed E-state index contributed by atoms with van der Waals surface area (Å²) in [5.74, 6) is 0. The lowest BCUT2D eigenvalue weighted by Crippen LogP contribution is -2.05. The predicted molar refractivity (Wildman–Crippen MR) is 179 cm³/mol. The minimum atomic E-state index is 0.660. The Morgan fingerprint density at radius 1 is 0.488 bits per heavy atom. The number of aryl methyl sites for hydroxylation is 3. The highest BCUT2D eigenvalue weighted by Crippen LogP contribution is 2.41. The average Bonchev–Trinajstić information content (AvgIpc) is 3.53. The van der Waals surface area contributed by atoms with Crippen LogP contribution in [0.25, 0.3) is 66.1 Å². The first-order chi connectivity index (χ1) is 21.0. The van der Waals surface area contributed by atoms with E-state index in [4.69, 9.17) is 0 Å². The topological polar surface area (TPSA) is 33.6 Å². The van der Waals surface area contributed by atoms with Crippen molar-refractivity contribution in [1.29, 1.82) is 5.26 Å². The van der Waals surface area contributed by atoms with Gasteiger partial charge in [-0.1, -0.05) is 71.8 Å². The number of fused-ring (bicyclic) bond motifs is 6. The number of rotatable bonds is 3. The summed E-state index contributed by atoms with van der Waals surface area (Å²) < 4.78 is 4.85.